The molecular formula is C16H31N3S. The lowest BCUT2D eigenvalue weighted by Gasteiger charge is -2.21. The third kappa shape index (κ3) is 6.35. The first-order valence-electron chi connectivity index (χ1n) is 7.72. The molecule has 1 aromatic heterocycles. The van der Waals surface area contributed by atoms with E-state index in [9.17, 15) is 0 Å². The second kappa shape index (κ2) is 9.50. The van der Waals surface area contributed by atoms with Gasteiger partial charge in [-0.1, -0.05) is 13.8 Å². The van der Waals surface area contributed by atoms with Crippen LogP contribution in [0.2, 0.25) is 0 Å². The minimum Gasteiger partial charge on any atom is -0.312 e. The van der Waals surface area contributed by atoms with Crippen LogP contribution in [0.4, 0.5) is 0 Å². The fraction of sp³-hybridized carbons (Fsp3) is 0.750. The van der Waals surface area contributed by atoms with Crippen LogP contribution in [-0.4, -0.2) is 50.1 Å². The molecule has 1 rings (SSSR count). The van der Waals surface area contributed by atoms with Crippen LogP contribution in [-0.2, 0) is 13.1 Å². The van der Waals surface area contributed by atoms with Crippen LogP contribution in [0.25, 0.3) is 0 Å². The fourth-order valence-corrected chi connectivity index (χ4v) is 3.30. The molecule has 0 atom stereocenters. The summed E-state index contributed by atoms with van der Waals surface area (Å²) in [5.41, 5.74) is 1.51. The molecule has 0 saturated heterocycles. The third-order valence-corrected chi connectivity index (χ3v) is 4.63. The minimum atomic E-state index is 1.01. The van der Waals surface area contributed by atoms with Crippen molar-refractivity contribution in [1.29, 1.82) is 0 Å². The average molecular weight is 298 g/mol. The lowest BCUT2D eigenvalue weighted by atomic mass is 10.2. The van der Waals surface area contributed by atoms with E-state index in [1.54, 1.807) is 0 Å². The van der Waals surface area contributed by atoms with Crippen molar-refractivity contribution in [1.82, 2.24) is 15.1 Å². The van der Waals surface area contributed by atoms with Gasteiger partial charge in [-0.2, -0.15) is 0 Å². The van der Waals surface area contributed by atoms with E-state index in [1.165, 1.54) is 34.8 Å². The van der Waals surface area contributed by atoms with Gasteiger partial charge in [0, 0.05) is 22.8 Å². The molecule has 0 bridgehead atoms. The Morgan fingerprint density at radius 2 is 1.95 bits per heavy atom. The van der Waals surface area contributed by atoms with Gasteiger partial charge in [0.25, 0.3) is 0 Å². The van der Waals surface area contributed by atoms with Crippen LogP contribution in [0.15, 0.2) is 6.07 Å². The molecule has 1 N–H and O–H groups in total. The van der Waals surface area contributed by atoms with Gasteiger partial charge >= 0.3 is 0 Å². The van der Waals surface area contributed by atoms with Gasteiger partial charge in [0.2, 0.25) is 0 Å². The van der Waals surface area contributed by atoms with E-state index < -0.39 is 0 Å². The summed E-state index contributed by atoms with van der Waals surface area (Å²) in [6.45, 7) is 13.3. The Kier molecular flexibility index (Phi) is 8.38. The van der Waals surface area contributed by atoms with E-state index >= 15 is 0 Å². The van der Waals surface area contributed by atoms with Crippen molar-refractivity contribution in [2.75, 3.05) is 40.3 Å². The van der Waals surface area contributed by atoms with E-state index in [1.807, 2.05) is 11.3 Å². The Labute approximate surface area is 129 Å². The Morgan fingerprint density at radius 3 is 2.55 bits per heavy atom. The smallest absolute Gasteiger partial charge is 0.0299 e. The third-order valence-electron chi connectivity index (χ3n) is 3.54. The highest BCUT2D eigenvalue weighted by atomic mass is 32.1. The second-order valence-corrected chi connectivity index (χ2v) is 6.94. The van der Waals surface area contributed by atoms with E-state index in [-0.39, 0.29) is 0 Å². The van der Waals surface area contributed by atoms with Gasteiger partial charge in [-0.15, -0.1) is 11.3 Å². The number of nitrogens with zero attached hydrogens (tertiary/aromatic N) is 2. The van der Waals surface area contributed by atoms with E-state index in [0.717, 1.165) is 26.2 Å². The first kappa shape index (κ1) is 17.6. The van der Waals surface area contributed by atoms with Gasteiger partial charge < -0.3 is 10.2 Å². The second-order valence-electron chi connectivity index (χ2n) is 5.60. The van der Waals surface area contributed by atoms with E-state index in [2.05, 4.69) is 56.0 Å². The molecule has 1 heterocycles. The van der Waals surface area contributed by atoms with Crippen molar-refractivity contribution in [3.63, 3.8) is 0 Å². The van der Waals surface area contributed by atoms with Gasteiger partial charge in [-0.05, 0) is 65.2 Å². The molecule has 0 fully saturated rings. The molecule has 0 radical (unpaired) electrons. The maximum Gasteiger partial charge on any atom is 0.0299 e. The molecule has 0 aromatic carbocycles. The SMILES string of the molecule is CCNCc1cc(CN(CC)CCCN(C)C)c(C)s1. The molecule has 1 aromatic rings. The van der Waals surface area contributed by atoms with Crippen LogP contribution in [0.3, 0.4) is 0 Å². The molecule has 3 nitrogen and oxygen atoms in total. The summed E-state index contributed by atoms with van der Waals surface area (Å²) in [6.07, 6.45) is 1.24. The molecule has 0 spiro atoms. The molecular weight excluding hydrogens is 266 g/mol. The summed E-state index contributed by atoms with van der Waals surface area (Å²) >= 11 is 1.94. The van der Waals surface area contributed by atoms with Crippen molar-refractivity contribution in [3.8, 4) is 0 Å². The summed E-state index contributed by atoms with van der Waals surface area (Å²) in [4.78, 5) is 7.75. The zero-order chi connectivity index (χ0) is 15.0. The number of nitrogens with one attached hydrogen (secondary N) is 1. The van der Waals surface area contributed by atoms with Crippen molar-refractivity contribution in [2.45, 2.75) is 40.3 Å². The lowest BCUT2D eigenvalue weighted by Crippen LogP contribution is -2.27. The highest BCUT2D eigenvalue weighted by Gasteiger charge is 2.09. The maximum atomic E-state index is 3.41. The van der Waals surface area contributed by atoms with E-state index in [0.29, 0.717) is 0 Å². The Hall–Kier alpha value is -0.420. The molecule has 0 aliphatic heterocycles. The summed E-state index contributed by atoms with van der Waals surface area (Å²) in [5.74, 6) is 0. The Morgan fingerprint density at radius 1 is 1.20 bits per heavy atom. The Balaban J connectivity index is 2.49. The summed E-state index contributed by atoms with van der Waals surface area (Å²) in [6, 6.07) is 2.39. The van der Waals surface area contributed by atoms with Crippen molar-refractivity contribution in [3.05, 3.63) is 21.4 Å². The van der Waals surface area contributed by atoms with Crippen LogP contribution in [0.1, 0.15) is 35.6 Å². The van der Waals surface area contributed by atoms with E-state index in [4.69, 9.17) is 0 Å². The number of hydrogen-bond acceptors (Lipinski definition) is 4. The number of aryl methyl sites for hydroxylation is 1. The highest BCUT2D eigenvalue weighted by Crippen LogP contribution is 2.23. The van der Waals surface area contributed by atoms with Gasteiger partial charge in [0.15, 0.2) is 0 Å². The first-order valence-corrected chi connectivity index (χ1v) is 8.54. The topological polar surface area (TPSA) is 18.5 Å². The Bertz CT molecular complexity index is 374. The largest absolute Gasteiger partial charge is 0.312 e. The van der Waals surface area contributed by atoms with Gasteiger partial charge in [0.05, 0.1) is 0 Å². The van der Waals surface area contributed by atoms with Gasteiger partial charge in [0.1, 0.15) is 0 Å². The maximum absolute atomic E-state index is 3.41. The standard InChI is InChI=1S/C16H31N3S/c1-6-17-12-16-11-15(14(3)20-16)13-19(7-2)10-8-9-18(4)5/h11,17H,6-10,12-13H2,1-5H3. The van der Waals surface area contributed by atoms with Crippen LogP contribution in [0.5, 0.6) is 0 Å². The fourth-order valence-electron chi connectivity index (χ4n) is 2.28. The molecule has 0 aliphatic rings. The van der Waals surface area contributed by atoms with Crippen LogP contribution < -0.4 is 5.32 Å². The quantitative estimate of drug-likeness (QED) is 0.716. The molecule has 0 unspecified atom stereocenters. The zero-order valence-electron chi connectivity index (χ0n) is 13.8. The first-order chi connectivity index (χ1) is 9.56. The van der Waals surface area contributed by atoms with Crippen LogP contribution in [0, 0.1) is 6.92 Å². The number of rotatable bonds is 10. The molecule has 0 saturated carbocycles. The summed E-state index contributed by atoms with van der Waals surface area (Å²) in [7, 11) is 4.29. The molecule has 0 aliphatic carbocycles. The van der Waals surface area contributed by atoms with Crippen molar-refractivity contribution < 1.29 is 0 Å². The van der Waals surface area contributed by atoms with Crippen molar-refractivity contribution >= 4 is 11.3 Å². The predicted octanol–water partition coefficient (Wildman–Crippen LogP) is 2.94. The summed E-state index contributed by atoms with van der Waals surface area (Å²) < 4.78 is 0. The monoisotopic (exact) mass is 297 g/mol. The molecule has 116 valence electrons. The lowest BCUT2D eigenvalue weighted by molar-refractivity contribution is 0.259. The summed E-state index contributed by atoms with van der Waals surface area (Å²) in [5, 5.41) is 3.41. The predicted molar refractivity (Wildman–Crippen MR) is 90.6 cm³/mol. The molecule has 20 heavy (non-hydrogen) atoms. The highest BCUT2D eigenvalue weighted by molar-refractivity contribution is 7.12. The van der Waals surface area contributed by atoms with Crippen molar-refractivity contribution in [2.24, 2.45) is 0 Å². The number of thiophene rings is 1. The average Bonchev–Trinajstić information content (AvgIpc) is 2.75. The normalized spacial score (nSPS) is 11.8. The molecule has 4 heteroatoms. The molecule has 0 amide bonds. The minimum absolute atomic E-state index is 1.01. The zero-order valence-corrected chi connectivity index (χ0v) is 14.6. The van der Waals surface area contributed by atoms with Gasteiger partial charge in [-0.25, -0.2) is 0 Å². The van der Waals surface area contributed by atoms with Crippen LogP contribution >= 0.6 is 11.3 Å². The number of hydrogen-bond donors (Lipinski definition) is 1. The van der Waals surface area contributed by atoms with Gasteiger partial charge in [-0.3, -0.25) is 4.90 Å².